The summed E-state index contributed by atoms with van der Waals surface area (Å²) in [5.74, 6) is -2.82. The lowest BCUT2D eigenvalue weighted by molar-refractivity contribution is 0.0697. The van der Waals surface area contributed by atoms with Gasteiger partial charge < -0.3 is 15.7 Å². The third-order valence-electron chi connectivity index (χ3n) is 4.90. The van der Waals surface area contributed by atoms with Crippen LogP contribution in [0.1, 0.15) is 33.9 Å². The van der Waals surface area contributed by atoms with Crippen molar-refractivity contribution in [3.63, 3.8) is 0 Å². The molecule has 3 N–H and O–H groups in total. The van der Waals surface area contributed by atoms with Gasteiger partial charge in [-0.05, 0) is 48.9 Å². The number of carboxylic acid groups (broad SMARTS) is 1. The number of hydrogen-bond donors (Lipinski definition) is 3. The van der Waals surface area contributed by atoms with Crippen molar-refractivity contribution in [1.82, 2.24) is 15.5 Å². The molecule has 1 heterocycles. The monoisotopic (exact) mass is 389 g/mol. The second kappa shape index (κ2) is 8.35. The molecule has 0 aliphatic carbocycles. The van der Waals surface area contributed by atoms with E-state index in [4.69, 9.17) is 5.11 Å². The van der Waals surface area contributed by atoms with Crippen LogP contribution in [0.3, 0.4) is 0 Å². The van der Waals surface area contributed by atoms with Crippen LogP contribution in [-0.2, 0) is 6.54 Å². The van der Waals surface area contributed by atoms with Gasteiger partial charge in [0.05, 0.1) is 17.6 Å². The van der Waals surface area contributed by atoms with Crippen molar-refractivity contribution in [3.05, 3.63) is 70.8 Å². The Morgan fingerprint density at radius 1 is 1.14 bits per heavy atom. The molecule has 6 nitrogen and oxygen atoms in total. The zero-order valence-corrected chi connectivity index (χ0v) is 15.3. The summed E-state index contributed by atoms with van der Waals surface area (Å²) >= 11 is 0. The number of amides is 2. The van der Waals surface area contributed by atoms with Crippen molar-refractivity contribution < 1.29 is 23.5 Å². The van der Waals surface area contributed by atoms with Crippen LogP contribution in [0.2, 0.25) is 0 Å². The number of aromatic carboxylic acids is 1. The van der Waals surface area contributed by atoms with Crippen LogP contribution in [0.15, 0.2) is 42.5 Å². The SMILES string of the molecule is CN1CCC(NC(=O)NCc2ccc(C(=O)O)cc2)C1c1ccc(F)c(F)c1. The molecule has 8 heteroatoms. The molecule has 0 bridgehead atoms. The first kappa shape index (κ1) is 19.8. The Bertz CT molecular complexity index is 873. The summed E-state index contributed by atoms with van der Waals surface area (Å²) in [5, 5.41) is 14.5. The van der Waals surface area contributed by atoms with Gasteiger partial charge in [-0.1, -0.05) is 18.2 Å². The Morgan fingerprint density at radius 3 is 2.50 bits per heavy atom. The molecule has 0 radical (unpaired) electrons. The van der Waals surface area contributed by atoms with Gasteiger partial charge in [0.1, 0.15) is 0 Å². The number of carbonyl (C=O) groups excluding carboxylic acids is 1. The summed E-state index contributed by atoms with van der Waals surface area (Å²) in [5.41, 5.74) is 1.55. The largest absolute Gasteiger partial charge is 0.478 e. The minimum Gasteiger partial charge on any atom is -0.478 e. The zero-order chi connectivity index (χ0) is 20.3. The second-order valence-electron chi connectivity index (χ2n) is 6.82. The number of rotatable bonds is 5. The van der Waals surface area contributed by atoms with E-state index >= 15 is 0 Å². The fourth-order valence-electron chi connectivity index (χ4n) is 3.45. The lowest BCUT2D eigenvalue weighted by Gasteiger charge is -2.26. The standard InChI is InChI=1S/C20H21F2N3O3/c1-25-9-8-17(18(25)14-6-7-15(21)16(22)10-14)24-20(28)23-11-12-2-4-13(5-3-12)19(26)27/h2-7,10,17-18H,8-9,11H2,1H3,(H,26,27)(H2,23,24,28). The molecule has 148 valence electrons. The molecule has 28 heavy (non-hydrogen) atoms. The Hall–Kier alpha value is -3.00. The summed E-state index contributed by atoms with van der Waals surface area (Å²) in [6.45, 7) is 0.954. The molecule has 3 rings (SSSR count). The molecule has 1 aliphatic rings. The minimum absolute atomic E-state index is 0.177. The Kier molecular flexibility index (Phi) is 5.89. The summed E-state index contributed by atoms with van der Waals surface area (Å²) in [6.07, 6.45) is 0.681. The molecule has 2 atom stereocenters. The smallest absolute Gasteiger partial charge is 0.335 e. The van der Waals surface area contributed by atoms with E-state index in [2.05, 4.69) is 10.6 Å². The number of nitrogens with zero attached hydrogens (tertiary/aromatic N) is 1. The van der Waals surface area contributed by atoms with Gasteiger partial charge in [-0.2, -0.15) is 0 Å². The van der Waals surface area contributed by atoms with Crippen LogP contribution in [0.5, 0.6) is 0 Å². The maximum absolute atomic E-state index is 13.6. The Labute approximate surface area is 161 Å². The quantitative estimate of drug-likeness (QED) is 0.735. The molecule has 1 fully saturated rings. The van der Waals surface area contributed by atoms with Gasteiger partial charge in [-0.3, -0.25) is 4.90 Å². The number of likely N-dealkylation sites (tertiary alicyclic amines) is 1. The first-order valence-electron chi connectivity index (χ1n) is 8.87. The van der Waals surface area contributed by atoms with Crippen molar-refractivity contribution in [1.29, 1.82) is 0 Å². The van der Waals surface area contributed by atoms with Crippen molar-refractivity contribution >= 4 is 12.0 Å². The van der Waals surface area contributed by atoms with Crippen molar-refractivity contribution in [2.45, 2.75) is 25.0 Å². The van der Waals surface area contributed by atoms with E-state index in [0.29, 0.717) is 18.5 Å². The summed E-state index contributed by atoms with van der Waals surface area (Å²) in [7, 11) is 1.87. The number of nitrogens with one attached hydrogen (secondary N) is 2. The zero-order valence-electron chi connectivity index (χ0n) is 15.3. The van der Waals surface area contributed by atoms with Crippen LogP contribution in [0.4, 0.5) is 13.6 Å². The average Bonchev–Trinajstić information content (AvgIpc) is 3.02. The average molecular weight is 389 g/mol. The van der Waals surface area contributed by atoms with E-state index in [1.165, 1.54) is 24.3 Å². The van der Waals surface area contributed by atoms with Crippen LogP contribution < -0.4 is 10.6 Å². The van der Waals surface area contributed by atoms with Gasteiger partial charge in [-0.15, -0.1) is 0 Å². The van der Waals surface area contributed by atoms with Gasteiger partial charge in [0.25, 0.3) is 0 Å². The molecular weight excluding hydrogens is 368 g/mol. The van der Waals surface area contributed by atoms with E-state index in [9.17, 15) is 18.4 Å². The topological polar surface area (TPSA) is 81.7 Å². The van der Waals surface area contributed by atoms with Gasteiger partial charge in [-0.25, -0.2) is 18.4 Å². The minimum atomic E-state index is -1.01. The lowest BCUT2D eigenvalue weighted by atomic mass is 10.00. The molecule has 2 amide bonds. The fourth-order valence-corrected chi connectivity index (χ4v) is 3.45. The van der Waals surface area contributed by atoms with Crippen molar-refractivity contribution in [2.24, 2.45) is 0 Å². The van der Waals surface area contributed by atoms with E-state index in [1.807, 2.05) is 11.9 Å². The van der Waals surface area contributed by atoms with E-state index in [1.54, 1.807) is 12.1 Å². The molecule has 2 unspecified atom stereocenters. The highest BCUT2D eigenvalue weighted by atomic mass is 19.2. The summed E-state index contributed by atoms with van der Waals surface area (Å²) < 4.78 is 26.8. The van der Waals surface area contributed by atoms with Crippen LogP contribution in [0, 0.1) is 11.6 Å². The molecule has 2 aromatic carbocycles. The van der Waals surface area contributed by atoms with Crippen LogP contribution in [-0.4, -0.2) is 41.6 Å². The normalized spacial score (nSPS) is 19.4. The van der Waals surface area contributed by atoms with Crippen LogP contribution in [0.25, 0.3) is 0 Å². The fraction of sp³-hybridized carbons (Fsp3) is 0.300. The molecule has 0 saturated carbocycles. The highest BCUT2D eigenvalue weighted by Gasteiger charge is 2.34. The number of benzene rings is 2. The number of halogens is 2. The maximum Gasteiger partial charge on any atom is 0.335 e. The first-order chi connectivity index (χ1) is 13.3. The molecule has 0 aromatic heterocycles. The molecule has 1 saturated heterocycles. The number of likely N-dealkylation sites (N-methyl/N-ethyl adjacent to an activating group) is 1. The third kappa shape index (κ3) is 4.45. The number of hydrogen-bond acceptors (Lipinski definition) is 3. The van der Waals surface area contributed by atoms with Gasteiger partial charge in [0, 0.05) is 13.1 Å². The second-order valence-corrected chi connectivity index (χ2v) is 6.82. The Balaban J connectivity index is 1.60. The first-order valence-corrected chi connectivity index (χ1v) is 8.87. The van der Waals surface area contributed by atoms with Gasteiger partial charge >= 0.3 is 12.0 Å². The third-order valence-corrected chi connectivity index (χ3v) is 4.90. The predicted octanol–water partition coefficient (Wildman–Crippen LogP) is 2.91. The van der Waals surface area contributed by atoms with Gasteiger partial charge in [0.15, 0.2) is 11.6 Å². The highest BCUT2D eigenvalue weighted by molar-refractivity contribution is 5.87. The Morgan fingerprint density at radius 2 is 1.86 bits per heavy atom. The molecule has 0 spiro atoms. The summed E-state index contributed by atoms with van der Waals surface area (Å²) in [4.78, 5) is 25.1. The maximum atomic E-state index is 13.6. The highest BCUT2D eigenvalue weighted by Crippen LogP contribution is 2.31. The van der Waals surface area contributed by atoms with Gasteiger partial charge in [0.2, 0.25) is 0 Å². The van der Waals surface area contributed by atoms with Crippen molar-refractivity contribution in [3.8, 4) is 0 Å². The molecular formula is C20H21F2N3O3. The summed E-state index contributed by atoms with van der Waals surface area (Å²) in [6, 6.07) is 9.13. The van der Waals surface area contributed by atoms with E-state index < -0.39 is 17.6 Å². The van der Waals surface area contributed by atoms with E-state index in [0.717, 1.165) is 11.6 Å². The number of carboxylic acids is 1. The number of urea groups is 1. The number of carbonyl (C=O) groups is 2. The lowest BCUT2D eigenvalue weighted by Crippen LogP contribution is -2.44. The van der Waals surface area contributed by atoms with Crippen molar-refractivity contribution in [2.75, 3.05) is 13.6 Å². The van der Waals surface area contributed by atoms with E-state index in [-0.39, 0.29) is 30.2 Å². The van der Waals surface area contributed by atoms with Crippen LogP contribution >= 0.6 is 0 Å². The predicted molar refractivity (Wildman–Crippen MR) is 98.9 cm³/mol. The molecule has 2 aromatic rings. The molecule has 1 aliphatic heterocycles.